The Kier molecular flexibility index (Phi) is 2.96. The van der Waals surface area contributed by atoms with E-state index in [1.165, 1.54) is 15.9 Å². The molecular weight excluding hydrogens is 224 g/mol. The molecule has 0 aliphatic heterocycles. The van der Waals surface area contributed by atoms with E-state index < -0.39 is 0 Å². The topological polar surface area (TPSA) is 54.9 Å². The highest BCUT2D eigenvalue weighted by Gasteiger charge is 2.11. The average molecular weight is 238 g/mol. The lowest BCUT2D eigenvalue weighted by molar-refractivity contribution is 0.684. The van der Waals surface area contributed by atoms with Crippen LogP contribution in [-0.4, -0.2) is 9.55 Å². The van der Waals surface area contributed by atoms with Crippen LogP contribution in [0.3, 0.4) is 0 Å². The van der Waals surface area contributed by atoms with Gasteiger partial charge in [-0.2, -0.15) is 0 Å². The van der Waals surface area contributed by atoms with Crippen molar-refractivity contribution in [1.82, 2.24) is 9.55 Å². The van der Waals surface area contributed by atoms with Crippen LogP contribution in [0.4, 0.5) is 0 Å². The standard InChI is InChI=1S/C11H14N2O2S/c1-3-5-7-6-16-9-8(7)10(14)13(4-2)11(15)12-9/h6H,3-5H2,1-2H3,(H,12,15). The van der Waals surface area contributed by atoms with Crippen LogP contribution in [0.2, 0.25) is 0 Å². The molecule has 0 unspecified atom stereocenters. The average Bonchev–Trinajstić information content (AvgIpc) is 2.62. The first-order chi connectivity index (χ1) is 7.69. The molecule has 0 atom stereocenters. The van der Waals surface area contributed by atoms with E-state index in [0.29, 0.717) is 16.8 Å². The number of H-pyrrole nitrogens is 1. The molecule has 0 aliphatic rings. The number of hydrogen-bond donors (Lipinski definition) is 1. The number of rotatable bonds is 3. The van der Waals surface area contributed by atoms with Gasteiger partial charge >= 0.3 is 5.69 Å². The van der Waals surface area contributed by atoms with Gasteiger partial charge in [0.05, 0.1) is 5.39 Å². The molecule has 0 aromatic carbocycles. The maximum Gasteiger partial charge on any atom is 0.329 e. The molecule has 0 saturated heterocycles. The Bertz CT molecular complexity index is 621. The Morgan fingerprint density at radius 2 is 2.12 bits per heavy atom. The number of hydrogen-bond acceptors (Lipinski definition) is 3. The molecule has 0 bridgehead atoms. The molecule has 0 saturated carbocycles. The summed E-state index contributed by atoms with van der Waals surface area (Å²) in [6.45, 7) is 4.29. The second-order valence-corrected chi connectivity index (χ2v) is 4.57. The van der Waals surface area contributed by atoms with Gasteiger partial charge in [0.15, 0.2) is 0 Å². The third kappa shape index (κ3) is 1.61. The van der Waals surface area contributed by atoms with Gasteiger partial charge in [-0.3, -0.25) is 14.3 Å². The van der Waals surface area contributed by atoms with E-state index in [2.05, 4.69) is 11.9 Å². The van der Waals surface area contributed by atoms with Crippen LogP contribution >= 0.6 is 11.3 Å². The van der Waals surface area contributed by atoms with Crippen LogP contribution in [-0.2, 0) is 13.0 Å². The summed E-state index contributed by atoms with van der Waals surface area (Å²) >= 11 is 1.43. The van der Waals surface area contributed by atoms with Crippen molar-refractivity contribution in [3.8, 4) is 0 Å². The fourth-order valence-corrected chi connectivity index (χ4v) is 2.83. The van der Waals surface area contributed by atoms with E-state index in [9.17, 15) is 9.59 Å². The monoisotopic (exact) mass is 238 g/mol. The number of aromatic amines is 1. The zero-order valence-electron chi connectivity index (χ0n) is 9.37. The van der Waals surface area contributed by atoms with Crippen molar-refractivity contribution in [2.75, 3.05) is 0 Å². The van der Waals surface area contributed by atoms with Crippen LogP contribution in [0.1, 0.15) is 25.8 Å². The fourth-order valence-electron chi connectivity index (χ4n) is 1.85. The van der Waals surface area contributed by atoms with Gasteiger partial charge in [-0.15, -0.1) is 11.3 Å². The molecule has 2 aromatic heterocycles. The quantitative estimate of drug-likeness (QED) is 0.885. The zero-order chi connectivity index (χ0) is 11.7. The Morgan fingerprint density at radius 3 is 2.75 bits per heavy atom. The van der Waals surface area contributed by atoms with Crippen molar-refractivity contribution in [3.63, 3.8) is 0 Å². The first-order valence-corrected chi connectivity index (χ1v) is 6.30. The minimum Gasteiger partial charge on any atom is -0.298 e. The number of nitrogens with one attached hydrogen (secondary N) is 1. The maximum absolute atomic E-state index is 12.1. The van der Waals surface area contributed by atoms with E-state index in [0.717, 1.165) is 18.4 Å². The maximum atomic E-state index is 12.1. The Morgan fingerprint density at radius 1 is 1.38 bits per heavy atom. The molecule has 0 aliphatic carbocycles. The van der Waals surface area contributed by atoms with E-state index in [4.69, 9.17) is 0 Å². The summed E-state index contributed by atoms with van der Waals surface area (Å²) in [6, 6.07) is 0. The highest BCUT2D eigenvalue weighted by atomic mass is 32.1. The Hall–Kier alpha value is -1.36. The van der Waals surface area contributed by atoms with Crippen LogP contribution in [0, 0.1) is 0 Å². The van der Waals surface area contributed by atoms with Crippen LogP contribution in [0.25, 0.3) is 10.2 Å². The van der Waals surface area contributed by atoms with Crippen LogP contribution in [0.15, 0.2) is 15.0 Å². The van der Waals surface area contributed by atoms with Crippen molar-refractivity contribution >= 4 is 21.6 Å². The van der Waals surface area contributed by atoms with Gasteiger partial charge < -0.3 is 0 Å². The van der Waals surface area contributed by atoms with Crippen molar-refractivity contribution in [3.05, 3.63) is 31.8 Å². The van der Waals surface area contributed by atoms with E-state index >= 15 is 0 Å². The molecule has 1 N–H and O–H groups in total. The van der Waals surface area contributed by atoms with Crippen molar-refractivity contribution in [2.45, 2.75) is 33.2 Å². The summed E-state index contributed by atoms with van der Waals surface area (Å²) in [5, 5.41) is 2.65. The lowest BCUT2D eigenvalue weighted by Gasteiger charge is -2.01. The lowest BCUT2D eigenvalue weighted by atomic mass is 10.1. The normalized spacial score (nSPS) is 11.1. The minimum atomic E-state index is -0.315. The van der Waals surface area contributed by atoms with Gasteiger partial charge in [0, 0.05) is 6.54 Å². The van der Waals surface area contributed by atoms with Gasteiger partial charge in [-0.1, -0.05) is 13.3 Å². The van der Waals surface area contributed by atoms with Crippen LogP contribution in [0.5, 0.6) is 0 Å². The first-order valence-electron chi connectivity index (χ1n) is 5.42. The van der Waals surface area contributed by atoms with Gasteiger partial charge in [-0.25, -0.2) is 4.79 Å². The molecule has 16 heavy (non-hydrogen) atoms. The molecule has 0 radical (unpaired) electrons. The first kappa shape index (κ1) is 11.1. The number of fused-ring (bicyclic) bond motifs is 1. The fraction of sp³-hybridized carbons (Fsp3) is 0.455. The molecule has 5 heteroatoms. The second-order valence-electron chi connectivity index (χ2n) is 3.69. The summed E-state index contributed by atoms with van der Waals surface area (Å²) < 4.78 is 1.24. The molecule has 0 spiro atoms. The van der Waals surface area contributed by atoms with E-state index in [1.54, 1.807) is 6.92 Å². The second kappa shape index (κ2) is 4.25. The van der Waals surface area contributed by atoms with Crippen molar-refractivity contribution < 1.29 is 0 Å². The minimum absolute atomic E-state index is 0.161. The van der Waals surface area contributed by atoms with Gasteiger partial charge in [-0.05, 0) is 24.3 Å². The van der Waals surface area contributed by atoms with Gasteiger partial charge in [0.1, 0.15) is 4.83 Å². The molecule has 4 nitrogen and oxygen atoms in total. The number of aryl methyl sites for hydroxylation is 1. The van der Waals surface area contributed by atoms with Gasteiger partial charge in [0.25, 0.3) is 5.56 Å². The largest absolute Gasteiger partial charge is 0.329 e. The SMILES string of the molecule is CCCc1csc2[nH]c(=O)n(CC)c(=O)c12. The third-order valence-corrected chi connectivity index (χ3v) is 3.57. The highest BCUT2D eigenvalue weighted by molar-refractivity contribution is 7.16. The summed E-state index contributed by atoms with van der Waals surface area (Å²) in [5.74, 6) is 0. The zero-order valence-corrected chi connectivity index (χ0v) is 10.2. The summed E-state index contributed by atoms with van der Waals surface area (Å²) in [6.07, 6.45) is 1.88. The van der Waals surface area contributed by atoms with Crippen molar-refractivity contribution in [2.24, 2.45) is 0 Å². The Labute approximate surface area is 96.6 Å². The highest BCUT2D eigenvalue weighted by Crippen LogP contribution is 2.21. The number of aromatic nitrogens is 2. The molecule has 0 amide bonds. The molecule has 2 rings (SSSR count). The smallest absolute Gasteiger partial charge is 0.298 e. The predicted octanol–water partition coefficient (Wildman–Crippen LogP) is 1.72. The third-order valence-electron chi connectivity index (χ3n) is 2.63. The Balaban J connectivity index is 2.83. The summed E-state index contributed by atoms with van der Waals surface area (Å²) in [5.41, 5.74) is 0.571. The molecule has 0 fully saturated rings. The number of nitrogens with zero attached hydrogens (tertiary/aromatic N) is 1. The molecule has 2 heterocycles. The molecule has 2 aromatic rings. The summed E-state index contributed by atoms with van der Waals surface area (Å²) in [4.78, 5) is 27.1. The van der Waals surface area contributed by atoms with Gasteiger partial charge in [0.2, 0.25) is 0 Å². The summed E-state index contributed by atoms with van der Waals surface area (Å²) in [7, 11) is 0. The van der Waals surface area contributed by atoms with Crippen molar-refractivity contribution in [1.29, 1.82) is 0 Å². The molecule has 86 valence electrons. The molecular formula is C11H14N2O2S. The predicted molar refractivity (Wildman–Crippen MR) is 66.4 cm³/mol. The lowest BCUT2D eigenvalue weighted by Crippen LogP contribution is -2.34. The van der Waals surface area contributed by atoms with E-state index in [1.807, 2.05) is 5.38 Å². The van der Waals surface area contributed by atoms with Crippen LogP contribution < -0.4 is 11.2 Å². The number of thiophene rings is 1. The van der Waals surface area contributed by atoms with E-state index in [-0.39, 0.29) is 11.2 Å².